The highest BCUT2D eigenvalue weighted by Crippen LogP contribution is 2.15. The number of aryl methyl sites for hydroxylation is 2. The third kappa shape index (κ3) is 5.28. The number of rotatable bonds is 7. The van der Waals surface area contributed by atoms with Crippen molar-refractivity contribution < 1.29 is 17.9 Å². The van der Waals surface area contributed by atoms with E-state index in [1.54, 1.807) is 4.68 Å². The summed E-state index contributed by atoms with van der Waals surface area (Å²) < 4.78 is 33.7. The maximum atomic E-state index is 12.4. The van der Waals surface area contributed by atoms with Crippen molar-refractivity contribution in [3.63, 3.8) is 0 Å². The van der Waals surface area contributed by atoms with Crippen LogP contribution in [0.2, 0.25) is 0 Å². The maximum Gasteiger partial charge on any atom is 0.220 e. The molecule has 0 aromatic carbocycles. The first-order valence-corrected chi connectivity index (χ1v) is 10.6. The van der Waals surface area contributed by atoms with Crippen molar-refractivity contribution in [2.75, 3.05) is 25.4 Å². The summed E-state index contributed by atoms with van der Waals surface area (Å²) in [6, 6.07) is 0. The highest BCUT2D eigenvalue weighted by atomic mass is 32.2. The molecule has 1 aromatic heterocycles. The minimum atomic E-state index is -3.40. The molecular formula is C17H30N4O4S. The molecule has 9 heteroatoms. The molecule has 0 bridgehead atoms. The van der Waals surface area contributed by atoms with Crippen molar-refractivity contribution in [2.24, 2.45) is 7.05 Å². The molecular weight excluding hydrogens is 356 g/mol. The molecule has 0 aliphatic carbocycles. The van der Waals surface area contributed by atoms with Crippen molar-refractivity contribution in [3.8, 4) is 0 Å². The topological polar surface area (TPSA) is 93.5 Å². The Morgan fingerprint density at radius 2 is 1.88 bits per heavy atom. The molecule has 148 valence electrons. The molecule has 1 amide bonds. The van der Waals surface area contributed by atoms with E-state index in [0.29, 0.717) is 25.9 Å². The third-order valence-corrected chi connectivity index (χ3v) is 6.53. The summed E-state index contributed by atoms with van der Waals surface area (Å²) >= 11 is 0. The Morgan fingerprint density at radius 1 is 1.27 bits per heavy atom. The summed E-state index contributed by atoms with van der Waals surface area (Å²) in [5.74, 6) is -0.241. The summed E-state index contributed by atoms with van der Waals surface area (Å²) in [4.78, 5) is 12.0. The fraction of sp³-hybridized carbons (Fsp3) is 0.765. The van der Waals surface area contributed by atoms with Gasteiger partial charge in [-0.3, -0.25) is 9.48 Å². The lowest BCUT2D eigenvalue weighted by Crippen LogP contribution is -2.49. The highest BCUT2D eigenvalue weighted by molar-refractivity contribution is 7.89. The Hall–Kier alpha value is -1.45. The Morgan fingerprint density at radius 3 is 2.42 bits per heavy atom. The smallest absolute Gasteiger partial charge is 0.220 e. The van der Waals surface area contributed by atoms with Gasteiger partial charge in [-0.05, 0) is 39.7 Å². The van der Waals surface area contributed by atoms with Crippen molar-refractivity contribution in [1.82, 2.24) is 19.4 Å². The van der Waals surface area contributed by atoms with Gasteiger partial charge in [0, 0.05) is 38.8 Å². The quantitative estimate of drug-likeness (QED) is 0.738. The van der Waals surface area contributed by atoms with Gasteiger partial charge in [0.1, 0.15) is 0 Å². The maximum absolute atomic E-state index is 12.4. The molecule has 1 aromatic rings. The number of aromatic nitrogens is 2. The number of amides is 1. The predicted molar refractivity (Wildman–Crippen MR) is 99.4 cm³/mol. The molecule has 1 saturated heterocycles. The molecule has 1 fully saturated rings. The number of hydrogen-bond donors (Lipinski definition) is 1. The predicted octanol–water partition coefficient (Wildman–Crippen LogP) is 0.525. The van der Waals surface area contributed by atoms with Crippen LogP contribution in [0, 0.1) is 13.8 Å². The van der Waals surface area contributed by atoms with Crippen LogP contribution in [0.1, 0.15) is 37.2 Å². The zero-order valence-electron chi connectivity index (χ0n) is 16.3. The molecule has 2 rings (SSSR count). The molecule has 1 N–H and O–H groups in total. The van der Waals surface area contributed by atoms with Crippen molar-refractivity contribution >= 4 is 15.9 Å². The largest absolute Gasteiger partial charge is 0.373 e. The fourth-order valence-corrected chi connectivity index (χ4v) is 4.80. The Balaban J connectivity index is 1.78. The molecule has 2 atom stereocenters. The zero-order valence-corrected chi connectivity index (χ0v) is 17.1. The molecule has 1 aliphatic heterocycles. The third-order valence-electron chi connectivity index (χ3n) is 4.72. The van der Waals surface area contributed by atoms with Gasteiger partial charge < -0.3 is 10.1 Å². The summed E-state index contributed by atoms with van der Waals surface area (Å²) in [7, 11) is -1.52. The second-order valence-corrected chi connectivity index (χ2v) is 9.10. The number of nitrogens with one attached hydrogen (secondary N) is 1. The van der Waals surface area contributed by atoms with Gasteiger partial charge in [-0.1, -0.05) is 0 Å². The standard InChI is InChI=1S/C17H30N4O4S/c1-12-10-21(11-13(2)25-12)26(23,24)9-8-18-17(22)7-6-16-14(3)19-20(5)15(16)4/h12-13H,6-11H2,1-5H3,(H,18,22). The fourth-order valence-electron chi connectivity index (χ4n) is 3.31. The van der Waals surface area contributed by atoms with E-state index in [-0.39, 0.29) is 30.4 Å². The molecule has 2 heterocycles. The van der Waals surface area contributed by atoms with Crippen LogP contribution in [0.3, 0.4) is 0 Å². The van der Waals surface area contributed by atoms with E-state index in [4.69, 9.17) is 4.74 Å². The number of nitrogens with zero attached hydrogens (tertiary/aromatic N) is 3. The van der Waals surface area contributed by atoms with Crippen molar-refractivity contribution in [2.45, 2.75) is 52.7 Å². The first-order chi connectivity index (χ1) is 12.1. The van der Waals surface area contributed by atoms with Crippen LogP contribution >= 0.6 is 0 Å². The van der Waals surface area contributed by atoms with Crippen LogP contribution in [0.4, 0.5) is 0 Å². The van der Waals surface area contributed by atoms with E-state index in [2.05, 4.69) is 10.4 Å². The highest BCUT2D eigenvalue weighted by Gasteiger charge is 2.30. The van der Waals surface area contributed by atoms with Gasteiger partial charge in [-0.25, -0.2) is 8.42 Å². The number of ether oxygens (including phenoxy) is 1. The van der Waals surface area contributed by atoms with Crippen LogP contribution in [-0.4, -0.2) is 66.0 Å². The first-order valence-electron chi connectivity index (χ1n) is 8.99. The van der Waals surface area contributed by atoms with Crippen LogP contribution in [0.15, 0.2) is 0 Å². The lowest BCUT2D eigenvalue weighted by molar-refractivity contribution is -0.120. The van der Waals surface area contributed by atoms with Gasteiger partial charge >= 0.3 is 0 Å². The van der Waals surface area contributed by atoms with Crippen molar-refractivity contribution in [3.05, 3.63) is 17.0 Å². The number of morpholine rings is 1. The van der Waals surface area contributed by atoms with E-state index < -0.39 is 10.0 Å². The summed E-state index contributed by atoms with van der Waals surface area (Å²) in [6.07, 6.45) is 0.685. The Kier molecular flexibility index (Phi) is 6.81. The summed E-state index contributed by atoms with van der Waals surface area (Å²) in [5.41, 5.74) is 3.05. The second-order valence-electron chi connectivity index (χ2n) is 7.01. The molecule has 1 aliphatic rings. The average Bonchev–Trinajstić information content (AvgIpc) is 2.77. The molecule has 0 saturated carbocycles. The first kappa shape index (κ1) is 20.9. The van der Waals surface area contributed by atoms with E-state index in [1.165, 1.54) is 4.31 Å². The molecule has 8 nitrogen and oxygen atoms in total. The SMILES string of the molecule is Cc1nn(C)c(C)c1CCC(=O)NCCS(=O)(=O)N1CC(C)OC(C)C1. The second kappa shape index (κ2) is 8.49. The minimum absolute atomic E-state index is 0.0941. The molecule has 26 heavy (non-hydrogen) atoms. The zero-order chi connectivity index (χ0) is 19.5. The van der Waals surface area contributed by atoms with Crippen LogP contribution in [0.5, 0.6) is 0 Å². The number of carbonyl (C=O) groups excluding carboxylic acids is 1. The Bertz CT molecular complexity index is 734. The van der Waals surface area contributed by atoms with Gasteiger partial charge in [-0.15, -0.1) is 0 Å². The Labute approximate surface area is 155 Å². The molecule has 2 unspecified atom stereocenters. The van der Waals surface area contributed by atoms with E-state index in [0.717, 1.165) is 17.0 Å². The normalized spacial score (nSPS) is 21.7. The van der Waals surface area contributed by atoms with E-state index in [9.17, 15) is 13.2 Å². The summed E-state index contributed by atoms with van der Waals surface area (Å²) in [5, 5.41) is 7.05. The van der Waals surface area contributed by atoms with Crippen LogP contribution in [0.25, 0.3) is 0 Å². The van der Waals surface area contributed by atoms with Gasteiger partial charge in [0.05, 0.1) is 23.7 Å². The average molecular weight is 387 g/mol. The lowest BCUT2D eigenvalue weighted by atomic mass is 10.1. The molecule has 0 spiro atoms. The van der Waals surface area contributed by atoms with Gasteiger partial charge in [-0.2, -0.15) is 9.40 Å². The lowest BCUT2D eigenvalue weighted by Gasteiger charge is -2.34. The minimum Gasteiger partial charge on any atom is -0.373 e. The van der Waals surface area contributed by atoms with E-state index >= 15 is 0 Å². The molecule has 0 radical (unpaired) electrons. The van der Waals surface area contributed by atoms with Gasteiger partial charge in [0.25, 0.3) is 0 Å². The van der Waals surface area contributed by atoms with Crippen molar-refractivity contribution in [1.29, 1.82) is 0 Å². The summed E-state index contributed by atoms with van der Waals surface area (Å²) in [6.45, 7) is 8.47. The van der Waals surface area contributed by atoms with Gasteiger partial charge in [0.2, 0.25) is 15.9 Å². The monoisotopic (exact) mass is 386 g/mol. The van der Waals surface area contributed by atoms with E-state index in [1.807, 2.05) is 34.7 Å². The number of hydrogen-bond acceptors (Lipinski definition) is 5. The number of carbonyl (C=O) groups is 1. The van der Waals surface area contributed by atoms with Crippen LogP contribution in [-0.2, 0) is 33.0 Å². The number of sulfonamides is 1. The van der Waals surface area contributed by atoms with Gasteiger partial charge in [0.15, 0.2) is 0 Å². The van der Waals surface area contributed by atoms with Crippen LogP contribution < -0.4 is 5.32 Å².